The van der Waals surface area contributed by atoms with E-state index < -0.39 is 20.1 Å². The molecular formula is C15H30O4Si. The number of rotatable bonds is 7. The van der Waals surface area contributed by atoms with Gasteiger partial charge in [-0.15, -0.1) is 0 Å². The van der Waals surface area contributed by atoms with Crippen molar-refractivity contribution < 1.29 is 18.8 Å². The van der Waals surface area contributed by atoms with Crippen molar-refractivity contribution in [1.29, 1.82) is 0 Å². The molecule has 0 amide bonds. The molecule has 0 saturated heterocycles. The third kappa shape index (κ3) is 5.36. The summed E-state index contributed by atoms with van der Waals surface area (Å²) in [5, 5.41) is 0.0764. The third-order valence-corrected chi connectivity index (χ3v) is 8.83. The first-order valence-electron chi connectivity index (χ1n) is 7.25. The molecule has 4 nitrogen and oxygen atoms in total. The van der Waals surface area contributed by atoms with Gasteiger partial charge in [-0.05, 0) is 24.1 Å². The summed E-state index contributed by atoms with van der Waals surface area (Å²) in [4.78, 5) is 23.1. The van der Waals surface area contributed by atoms with Gasteiger partial charge < -0.3 is 9.16 Å². The summed E-state index contributed by atoms with van der Waals surface area (Å²) in [6.07, 6.45) is 0.801. The van der Waals surface area contributed by atoms with E-state index in [0.29, 0.717) is 0 Å². The lowest BCUT2D eigenvalue weighted by Crippen LogP contribution is -2.46. The van der Waals surface area contributed by atoms with E-state index in [2.05, 4.69) is 52.4 Å². The summed E-state index contributed by atoms with van der Waals surface area (Å²) in [7, 11) is -0.734. The predicted octanol–water partition coefficient (Wildman–Crippen LogP) is 3.56. The molecule has 0 unspecified atom stereocenters. The maximum Gasteiger partial charge on any atom is 0.374 e. The first-order valence-corrected chi connectivity index (χ1v) is 10.2. The number of hydrogen-bond acceptors (Lipinski definition) is 4. The molecule has 20 heavy (non-hydrogen) atoms. The summed E-state index contributed by atoms with van der Waals surface area (Å²) < 4.78 is 10.8. The molecule has 5 heteroatoms. The Kier molecular flexibility index (Phi) is 7.11. The van der Waals surface area contributed by atoms with Gasteiger partial charge in [-0.3, -0.25) is 4.79 Å². The van der Waals surface area contributed by atoms with Gasteiger partial charge >= 0.3 is 5.97 Å². The highest BCUT2D eigenvalue weighted by Crippen LogP contribution is 2.38. The van der Waals surface area contributed by atoms with Crippen molar-refractivity contribution in [3.63, 3.8) is 0 Å². The Hall–Kier alpha value is -0.683. The standard InChI is InChI=1S/C15H30O4Si/c1-9-11(2)13(10-12(16)14(17)18-6)19-20(7,8)15(3,4)5/h11,13H,9-10H2,1-8H3/t11-,13-/m0/s1. The molecule has 0 aromatic carbocycles. The van der Waals surface area contributed by atoms with E-state index >= 15 is 0 Å². The third-order valence-electron chi connectivity index (χ3n) is 4.33. The highest BCUT2D eigenvalue weighted by Gasteiger charge is 2.40. The summed E-state index contributed by atoms with van der Waals surface area (Å²) in [6.45, 7) is 14.9. The normalized spacial score (nSPS) is 15.6. The zero-order valence-electron chi connectivity index (χ0n) is 14.2. The Balaban J connectivity index is 5.01. The zero-order valence-corrected chi connectivity index (χ0v) is 15.2. The Morgan fingerprint density at radius 2 is 1.70 bits per heavy atom. The topological polar surface area (TPSA) is 52.6 Å². The lowest BCUT2D eigenvalue weighted by Gasteiger charge is -2.40. The summed E-state index contributed by atoms with van der Waals surface area (Å²) in [5.41, 5.74) is 0. The van der Waals surface area contributed by atoms with Gasteiger partial charge in [0.15, 0.2) is 8.32 Å². The molecule has 0 saturated carbocycles. The van der Waals surface area contributed by atoms with E-state index in [-0.39, 0.29) is 23.5 Å². The molecule has 0 aliphatic heterocycles. The highest BCUT2D eigenvalue weighted by atomic mass is 28.4. The second-order valence-electron chi connectivity index (χ2n) is 6.92. The second kappa shape index (κ2) is 7.36. The molecule has 0 aromatic rings. The van der Waals surface area contributed by atoms with Crippen molar-refractivity contribution in [3.05, 3.63) is 0 Å². The first kappa shape index (κ1) is 19.3. The van der Waals surface area contributed by atoms with Crippen LogP contribution in [0.4, 0.5) is 0 Å². The van der Waals surface area contributed by atoms with Gasteiger partial charge in [0.2, 0.25) is 5.78 Å². The molecule has 0 heterocycles. The van der Waals surface area contributed by atoms with E-state index in [1.165, 1.54) is 7.11 Å². The van der Waals surface area contributed by atoms with Crippen molar-refractivity contribution in [2.75, 3.05) is 7.11 Å². The van der Waals surface area contributed by atoms with E-state index in [4.69, 9.17) is 4.43 Å². The maximum atomic E-state index is 11.8. The Labute approximate surface area is 124 Å². The van der Waals surface area contributed by atoms with Crippen LogP contribution in [0.5, 0.6) is 0 Å². The number of methoxy groups -OCH3 is 1. The minimum absolute atomic E-state index is 0.0764. The molecule has 0 fully saturated rings. The molecule has 118 valence electrons. The number of Topliss-reactive ketones (excluding diaryl/α,β-unsaturated/α-hetero) is 1. The van der Waals surface area contributed by atoms with Crippen molar-refractivity contribution in [2.24, 2.45) is 5.92 Å². The van der Waals surface area contributed by atoms with Gasteiger partial charge in [-0.1, -0.05) is 41.0 Å². The van der Waals surface area contributed by atoms with Crippen LogP contribution in [0.15, 0.2) is 0 Å². The van der Waals surface area contributed by atoms with Crippen molar-refractivity contribution in [3.8, 4) is 0 Å². The van der Waals surface area contributed by atoms with Gasteiger partial charge in [0.05, 0.1) is 13.2 Å². The average molecular weight is 302 g/mol. The number of ether oxygens (including phenoxy) is 1. The molecule has 0 bridgehead atoms. The maximum absolute atomic E-state index is 11.8. The second-order valence-corrected chi connectivity index (χ2v) is 11.7. The molecule has 0 rings (SSSR count). The Bertz CT molecular complexity index is 344. The smallest absolute Gasteiger partial charge is 0.374 e. The quantitative estimate of drug-likeness (QED) is 0.410. The summed E-state index contributed by atoms with van der Waals surface area (Å²) in [6, 6.07) is 0. The SMILES string of the molecule is CC[C@H](C)[C@H](CC(=O)C(=O)OC)O[Si](C)(C)C(C)(C)C. The zero-order chi connectivity index (χ0) is 16.1. The van der Waals surface area contributed by atoms with Crippen molar-refractivity contribution >= 4 is 20.1 Å². The van der Waals surface area contributed by atoms with Crippen LogP contribution in [0.1, 0.15) is 47.5 Å². The minimum Gasteiger partial charge on any atom is -0.463 e. The molecular weight excluding hydrogens is 272 g/mol. The summed E-state index contributed by atoms with van der Waals surface area (Å²) >= 11 is 0. The minimum atomic E-state index is -1.96. The van der Waals surface area contributed by atoms with Gasteiger partial charge in [0.25, 0.3) is 0 Å². The number of hydrogen-bond donors (Lipinski definition) is 0. The molecule has 0 aromatic heterocycles. The van der Waals surface area contributed by atoms with Crippen molar-refractivity contribution in [1.82, 2.24) is 0 Å². The molecule has 0 spiro atoms. The molecule has 0 radical (unpaired) electrons. The molecule has 0 N–H and O–H groups in total. The van der Waals surface area contributed by atoms with E-state index in [1.807, 2.05) is 0 Å². The number of ketones is 1. The van der Waals surface area contributed by atoms with Crippen LogP contribution in [0.3, 0.4) is 0 Å². The largest absolute Gasteiger partial charge is 0.463 e. The van der Waals surface area contributed by atoms with Crippen LogP contribution in [0.2, 0.25) is 18.1 Å². The van der Waals surface area contributed by atoms with Crippen LogP contribution in [0.25, 0.3) is 0 Å². The summed E-state index contributed by atoms with van der Waals surface area (Å²) in [5.74, 6) is -1.05. The van der Waals surface area contributed by atoms with Crippen LogP contribution in [-0.2, 0) is 18.8 Å². The van der Waals surface area contributed by atoms with Crippen LogP contribution < -0.4 is 0 Å². The fraction of sp³-hybridized carbons (Fsp3) is 0.867. The van der Waals surface area contributed by atoms with E-state index in [0.717, 1.165) is 6.42 Å². The Morgan fingerprint density at radius 3 is 2.05 bits per heavy atom. The first-order chi connectivity index (χ1) is 8.96. The lowest BCUT2D eigenvalue weighted by molar-refractivity contribution is -0.152. The Morgan fingerprint density at radius 1 is 1.20 bits per heavy atom. The van der Waals surface area contributed by atoms with Gasteiger partial charge in [0.1, 0.15) is 0 Å². The van der Waals surface area contributed by atoms with Crippen molar-refractivity contribution in [2.45, 2.75) is 71.7 Å². The predicted molar refractivity (Wildman–Crippen MR) is 83.2 cm³/mol. The monoisotopic (exact) mass is 302 g/mol. The van der Waals surface area contributed by atoms with Gasteiger partial charge in [-0.25, -0.2) is 4.79 Å². The number of carbonyl (C=O) groups is 2. The van der Waals surface area contributed by atoms with Crippen LogP contribution in [0, 0.1) is 5.92 Å². The average Bonchev–Trinajstić information content (AvgIpc) is 2.34. The fourth-order valence-corrected chi connectivity index (χ4v) is 2.98. The van der Waals surface area contributed by atoms with Gasteiger partial charge in [0, 0.05) is 6.42 Å². The highest BCUT2D eigenvalue weighted by molar-refractivity contribution is 6.74. The van der Waals surface area contributed by atoms with Crippen LogP contribution in [-0.4, -0.2) is 33.3 Å². The fourth-order valence-electron chi connectivity index (χ4n) is 1.56. The molecule has 2 atom stereocenters. The van der Waals surface area contributed by atoms with Crippen LogP contribution >= 0.6 is 0 Å². The van der Waals surface area contributed by atoms with E-state index in [1.54, 1.807) is 0 Å². The molecule has 0 aliphatic rings. The number of carbonyl (C=O) groups excluding carboxylic acids is 2. The lowest BCUT2D eigenvalue weighted by atomic mass is 9.97. The molecule has 0 aliphatic carbocycles. The van der Waals surface area contributed by atoms with E-state index in [9.17, 15) is 9.59 Å². The number of esters is 1. The van der Waals surface area contributed by atoms with Gasteiger partial charge in [-0.2, -0.15) is 0 Å².